The zero-order valence-corrected chi connectivity index (χ0v) is 10.2. The fourth-order valence-electron chi connectivity index (χ4n) is 1.92. The maximum absolute atomic E-state index is 13.5. The summed E-state index contributed by atoms with van der Waals surface area (Å²) in [7, 11) is 0. The molecule has 0 radical (unpaired) electrons. The molecule has 3 aromatic rings. The molecule has 1 amide bonds. The number of carbonyl (C=O) groups is 1. The first-order valence-corrected chi connectivity index (χ1v) is 5.83. The van der Waals surface area contributed by atoms with E-state index in [0.29, 0.717) is 5.69 Å². The summed E-state index contributed by atoms with van der Waals surface area (Å²) in [6.07, 6.45) is 1.52. The third-order valence-electron chi connectivity index (χ3n) is 2.87. The Morgan fingerprint density at radius 2 is 1.90 bits per heavy atom. The van der Waals surface area contributed by atoms with Gasteiger partial charge in [-0.05, 0) is 30.3 Å². The van der Waals surface area contributed by atoms with Gasteiger partial charge in [-0.25, -0.2) is 13.8 Å². The summed E-state index contributed by atoms with van der Waals surface area (Å²) in [6, 6.07) is 8.22. The van der Waals surface area contributed by atoms with Crippen molar-refractivity contribution in [3.8, 4) is 0 Å². The molecule has 0 unspecified atom stereocenters. The van der Waals surface area contributed by atoms with Crippen LogP contribution >= 0.6 is 0 Å². The Hall–Kier alpha value is -2.76. The van der Waals surface area contributed by atoms with Gasteiger partial charge in [0.2, 0.25) is 0 Å². The van der Waals surface area contributed by atoms with Crippen LogP contribution in [0, 0.1) is 11.6 Å². The zero-order valence-electron chi connectivity index (χ0n) is 10.2. The molecule has 2 N–H and O–H groups in total. The van der Waals surface area contributed by atoms with E-state index < -0.39 is 23.1 Å². The molecule has 0 saturated carbocycles. The third-order valence-corrected chi connectivity index (χ3v) is 2.87. The van der Waals surface area contributed by atoms with Gasteiger partial charge in [-0.15, -0.1) is 0 Å². The fraction of sp³-hybridized carbons (Fsp3) is 0. The van der Waals surface area contributed by atoms with Gasteiger partial charge in [0.25, 0.3) is 5.91 Å². The van der Waals surface area contributed by atoms with E-state index in [0.717, 1.165) is 23.2 Å². The smallest absolute Gasteiger partial charge is 0.261 e. The second kappa shape index (κ2) is 4.73. The van der Waals surface area contributed by atoms with E-state index in [1.54, 1.807) is 18.2 Å². The normalized spacial score (nSPS) is 10.7. The molecular weight excluding hydrogens is 264 g/mol. The number of halogens is 2. The molecule has 3 rings (SSSR count). The minimum atomic E-state index is -0.898. The number of hydrogen-bond acceptors (Lipinski definition) is 2. The van der Waals surface area contributed by atoms with Crippen molar-refractivity contribution in [2.45, 2.75) is 0 Å². The summed E-state index contributed by atoms with van der Waals surface area (Å²) in [6.45, 7) is 0. The molecule has 0 fully saturated rings. The molecule has 100 valence electrons. The summed E-state index contributed by atoms with van der Waals surface area (Å²) in [5.74, 6) is -2.63. The summed E-state index contributed by atoms with van der Waals surface area (Å²) in [5.41, 5.74) is 1.28. The summed E-state index contributed by atoms with van der Waals surface area (Å²) >= 11 is 0. The van der Waals surface area contributed by atoms with Gasteiger partial charge in [0.1, 0.15) is 17.2 Å². The summed E-state index contributed by atoms with van der Waals surface area (Å²) in [4.78, 5) is 18.8. The molecular formula is C14H9F2N3O. The maximum atomic E-state index is 13.5. The number of aromatic nitrogens is 2. The van der Waals surface area contributed by atoms with Crippen molar-refractivity contribution in [3.05, 3.63) is 59.9 Å². The lowest BCUT2D eigenvalue weighted by molar-refractivity contribution is 0.101. The number of hydrogen-bond donors (Lipinski definition) is 2. The van der Waals surface area contributed by atoms with Crippen molar-refractivity contribution in [1.82, 2.24) is 9.97 Å². The van der Waals surface area contributed by atoms with Crippen molar-refractivity contribution in [2.24, 2.45) is 0 Å². The van der Waals surface area contributed by atoms with Crippen LogP contribution in [0.25, 0.3) is 11.0 Å². The first-order valence-electron chi connectivity index (χ1n) is 5.83. The predicted molar refractivity (Wildman–Crippen MR) is 70.4 cm³/mol. The van der Waals surface area contributed by atoms with Gasteiger partial charge in [-0.2, -0.15) is 0 Å². The van der Waals surface area contributed by atoms with E-state index >= 15 is 0 Å². The van der Waals surface area contributed by atoms with E-state index in [2.05, 4.69) is 15.3 Å². The van der Waals surface area contributed by atoms with Gasteiger partial charge in [-0.3, -0.25) is 4.79 Å². The summed E-state index contributed by atoms with van der Waals surface area (Å²) < 4.78 is 27.0. The Morgan fingerprint density at radius 1 is 1.15 bits per heavy atom. The van der Waals surface area contributed by atoms with Crippen molar-refractivity contribution >= 4 is 22.6 Å². The highest BCUT2D eigenvalue weighted by molar-refractivity contribution is 6.05. The molecule has 6 heteroatoms. The van der Waals surface area contributed by atoms with Gasteiger partial charge in [0.15, 0.2) is 0 Å². The van der Waals surface area contributed by atoms with Crippen LogP contribution in [-0.4, -0.2) is 15.9 Å². The highest BCUT2D eigenvalue weighted by atomic mass is 19.1. The molecule has 20 heavy (non-hydrogen) atoms. The number of nitrogens with one attached hydrogen (secondary N) is 2. The number of fused-ring (bicyclic) bond motifs is 1. The van der Waals surface area contributed by atoms with Crippen LogP contribution in [0.1, 0.15) is 10.4 Å². The lowest BCUT2D eigenvalue weighted by Gasteiger charge is -2.07. The minimum Gasteiger partial charge on any atom is -0.345 e. The molecule has 0 aliphatic carbocycles. The number of H-pyrrole nitrogens is 1. The average Bonchev–Trinajstić information content (AvgIpc) is 2.85. The van der Waals surface area contributed by atoms with E-state index in [1.165, 1.54) is 12.4 Å². The number of amides is 1. The predicted octanol–water partition coefficient (Wildman–Crippen LogP) is 3.09. The standard InChI is InChI=1S/C14H9F2N3O/c15-9-2-1-3-10(16)13(9)14(20)19-8-4-5-11-12(6-8)18-7-17-11/h1-7H,(H,17,18)(H,19,20). The number of nitrogens with zero attached hydrogens (tertiary/aromatic N) is 1. The molecule has 0 atom stereocenters. The lowest BCUT2D eigenvalue weighted by Crippen LogP contribution is -2.15. The largest absolute Gasteiger partial charge is 0.345 e. The maximum Gasteiger partial charge on any atom is 0.261 e. The Balaban J connectivity index is 1.92. The molecule has 0 aliphatic rings. The molecule has 1 heterocycles. The Bertz CT molecular complexity index is 778. The fourth-order valence-corrected chi connectivity index (χ4v) is 1.92. The molecule has 0 bridgehead atoms. The molecule has 1 aromatic heterocycles. The monoisotopic (exact) mass is 273 g/mol. The van der Waals surface area contributed by atoms with Gasteiger partial charge in [0.05, 0.1) is 17.4 Å². The number of anilines is 1. The van der Waals surface area contributed by atoms with Crippen LogP contribution in [0.3, 0.4) is 0 Å². The number of carbonyl (C=O) groups excluding carboxylic acids is 1. The number of benzene rings is 2. The molecule has 4 nitrogen and oxygen atoms in total. The second-order valence-corrected chi connectivity index (χ2v) is 4.19. The van der Waals surface area contributed by atoms with Crippen molar-refractivity contribution in [2.75, 3.05) is 5.32 Å². The SMILES string of the molecule is O=C(Nc1ccc2nc[nH]c2c1)c1c(F)cccc1F. The quantitative estimate of drug-likeness (QED) is 0.753. The minimum absolute atomic E-state index is 0.425. The van der Waals surface area contributed by atoms with Crippen molar-refractivity contribution in [1.29, 1.82) is 0 Å². The number of rotatable bonds is 2. The van der Waals surface area contributed by atoms with Crippen LogP contribution in [0.4, 0.5) is 14.5 Å². The first kappa shape index (κ1) is 12.3. The summed E-state index contributed by atoms with van der Waals surface area (Å²) in [5, 5.41) is 2.46. The van der Waals surface area contributed by atoms with Gasteiger partial charge >= 0.3 is 0 Å². The number of aromatic amines is 1. The number of imidazole rings is 1. The zero-order chi connectivity index (χ0) is 14.1. The van der Waals surface area contributed by atoms with Gasteiger partial charge in [-0.1, -0.05) is 6.07 Å². The average molecular weight is 273 g/mol. The third kappa shape index (κ3) is 2.11. The highest BCUT2D eigenvalue weighted by Crippen LogP contribution is 2.18. The van der Waals surface area contributed by atoms with Crippen LogP contribution in [0.15, 0.2) is 42.7 Å². The first-order chi connectivity index (χ1) is 9.65. The van der Waals surface area contributed by atoms with Gasteiger partial charge in [0, 0.05) is 5.69 Å². The van der Waals surface area contributed by atoms with Crippen molar-refractivity contribution < 1.29 is 13.6 Å². The molecule has 0 aliphatic heterocycles. The second-order valence-electron chi connectivity index (χ2n) is 4.19. The molecule has 0 saturated heterocycles. The van der Waals surface area contributed by atoms with Crippen LogP contribution in [-0.2, 0) is 0 Å². The highest BCUT2D eigenvalue weighted by Gasteiger charge is 2.17. The van der Waals surface area contributed by atoms with E-state index in [9.17, 15) is 13.6 Å². The molecule has 0 spiro atoms. The Labute approximate surface area is 112 Å². The van der Waals surface area contributed by atoms with Gasteiger partial charge < -0.3 is 10.3 Å². The van der Waals surface area contributed by atoms with Crippen LogP contribution in [0.2, 0.25) is 0 Å². The Kier molecular flexibility index (Phi) is 2.90. The lowest BCUT2D eigenvalue weighted by atomic mass is 10.1. The van der Waals surface area contributed by atoms with Crippen LogP contribution < -0.4 is 5.32 Å². The Morgan fingerprint density at radius 3 is 2.65 bits per heavy atom. The van der Waals surface area contributed by atoms with Crippen LogP contribution in [0.5, 0.6) is 0 Å². The topological polar surface area (TPSA) is 57.8 Å². The van der Waals surface area contributed by atoms with E-state index in [1.807, 2.05) is 0 Å². The molecule has 2 aromatic carbocycles. The van der Waals surface area contributed by atoms with E-state index in [-0.39, 0.29) is 0 Å². The van der Waals surface area contributed by atoms with Crippen molar-refractivity contribution in [3.63, 3.8) is 0 Å². The van der Waals surface area contributed by atoms with E-state index in [4.69, 9.17) is 0 Å².